The molecule has 0 spiro atoms. The number of aromatic nitrogens is 2. The lowest BCUT2D eigenvalue weighted by Crippen LogP contribution is -2.57. The van der Waals surface area contributed by atoms with E-state index >= 15 is 0 Å². The van der Waals surface area contributed by atoms with E-state index < -0.39 is 0 Å². The molecule has 4 heterocycles. The van der Waals surface area contributed by atoms with Crippen molar-refractivity contribution in [3.63, 3.8) is 0 Å². The number of hydrogen-bond acceptors (Lipinski definition) is 5. The normalized spacial score (nSPS) is 28.1. The Labute approximate surface area is 127 Å². The summed E-state index contributed by atoms with van der Waals surface area (Å²) in [6.45, 7) is 15.3. The van der Waals surface area contributed by atoms with Crippen LogP contribution in [-0.4, -0.2) is 59.0 Å². The van der Waals surface area contributed by atoms with E-state index in [1.54, 1.807) is 0 Å². The van der Waals surface area contributed by atoms with E-state index in [1.807, 2.05) is 0 Å². The number of nitrogens with one attached hydrogen (secondary N) is 1. The van der Waals surface area contributed by atoms with Crippen molar-refractivity contribution in [2.75, 3.05) is 44.6 Å². The summed E-state index contributed by atoms with van der Waals surface area (Å²) in [5, 5.41) is 3.44. The van der Waals surface area contributed by atoms with Gasteiger partial charge in [0.05, 0.1) is 6.04 Å². The van der Waals surface area contributed by atoms with Gasteiger partial charge in [-0.15, -0.1) is 0 Å². The number of aryl methyl sites for hydroxylation is 1. The van der Waals surface area contributed by atoms with Crippen LogP contribution in [-0.2, 0) is 0 Å². The van der Waals surface area contributed by atoms with Crippen LogP contribution in [0.5, 0.6) is 0 Å². The molecule has 3 fully saturated rings. The molecule has 3 aliphatic rings. The summed E-state index contributed by atoms with van der Waals surface area (Å²) >= 11 is 0. The number of rotatable bonds is 4. The van der Waals surface area contributed by atoms with Gasteiger partial charge in [0.15, 0.2) is 0 Å². The molecule has 0 aromatic carbocycles. The zero-order chi connectivity index (χ0) is 15.0. The fourth-order valence-electron chi connectivity index (χ4n) is 3.61. The molecule has 2 bridgehead atoms. The van der Waals surface area contributed by atoms with Crippen LogP contribution in [0.15, 0.2) is 0 Å². The molecule has 0 aliphatic carbocycles. The predicted molar refractivity (Wildman–Crippen MR) is 85.8 cm³/mol. The second kappa shape index (κ2) is 5.89. The Kier molecular flexibility index (Phi) is 4.13. The van der Waals surface area contributed by atoms with Gasteiger partial charge >= 0.3 is 0 Å². The number of piperazine rings is 3. The first-order valence-electron chi connectivity index (χ1n) is 8.18. The van der Waals surface area contributed by atoms with Crippen LogP contribution in [0.3, 0.4) is 0 Å². The highest BCUT2D eigenvalue weighted by molar-refractivity contribution is 5.48. The largest absolute Gasteiger partial charge is 0.370 e. The van der Waals surface area contributed by atoms with Crippen molar-refractivity contribution in [2.24, 2.45) is 0 Å². The van der Waals surface area contributed by atoms with Gasteiger partial charge in [0.1, 0.15) is 11.6 Å². The topological polar surface area (TPSA) is 44.3 Å². The summed E-state index contributed by atoms with van der Waals surface area (Å²) in [6.07, 6.45) is 0. The van der Waals surface area contributed by atoms with Gasteiger partial charge in [0, 0.05) is 50.5 Å². The maximum atomic E-state index is 4.90. The highest BCUT2D eigenvalue weighted by Gasteiger charge is 2.35. The Hall–Kier alpha value is -1.20. The smallest absolute Gasteiger partial charge is 0.149 e. The van der Waals surface area contributed by atoms with E-state index in [1.165, 1.54) is 18.7 Å². The second-order valence-electron chi connectivity index (χ2n) is 6.47. The van der Waals surface area contributed by atoms with Crippen molar-refractivity contribution in [2.45, 2.75) is 39.7 Å². The molecule has 1 aromatic heterocycles. The van der Waals surface area contributed by atoms with E-state index in [9.17, 15) is 0 Å². The highest BCUT2D eigenvalue weighted by atomic mass is 15.4. The molecule has 3 aliphatic heterocycles. The molecule has 116 valence electrons. The lowest BCUT2D eigenvalue weighted by atomic mass is 10.0. The fourth-order valence-corrected chi connectivity index (χ4v) is 3.61. The SMILES string of the molecule is CCNc1nc(C2CN3CCN2CC3)nc(C)c1C(C)C. The highest BCUT2D eigenvalue weighted by Crippen LogP contribution is 2.31. The minimum absolute atomic E-state index is 0.366. The minimum atomic E-state index is 0.366. The Morgan fingerprint density at radius 1 is 1.19 bits per heavy atom. The van der Waals surface area contributed by atoms with Crippen LogP contribution in [0.4, 0.5) is 5.82 Å². The van der Waals surface area contributed by atoms with Crippen molar-refractivity contribution in [3.8, 4) is 0 Å². The molecule has 0 amide bonds. The van der Waals surface area contributed by atoms with E-state index in [0.29, 0.717) is 12.0 Å². The molecule has 1 N–H and O–H groups in total. The zero-order valence-electron chi connectivity index (χ0n) is 13.7. The molecule has 0 radical (unpaired) electrons. The number of anilines is 1. The van der Waals surface area contributed by atoms with Gasteiger partial charge in [0.25, 0.3) is 0 Å². The van der Waals surface area contributed by atoms with Crippen LogP contribution in [0.1, 0.15) is 49.8 Å². The summed E-state index contributed by atoms with van der Waals surface area (Å²) < 4.78 is 0. The Morgan fingerprint density at radius 3 is 2.43 bits per heavy atom. The average Bonchev–Trinajstić information content (AvgIpc) is 2.47. The molecule has 1 unspecified atom stereocenters. The monoisotopic (exact) mass is 289 g/mol. The first-order valence-corrected chi connectivity index (χ1v) is 8.18. The van der Waals surface area contributed by atoms with Crippen LogP contribution in [0.2, 0.25) is 0 Å². The van der Waals surface area contributed by atoms with Gasteiger partial charge in [-0.3, -0.25) is 9.80 Å². The van der Waals surface area contributed by atoms with Gasteiger partial charge in [0.2, 0.25) is 0 Å². The van der Waals surface area contributed by atoms with Gasteiger partial charge in [-0.1, -0.05) is 13.8 Å². The van der Waals surface area contributed by atoms with Crippen LogP contribution in [0, 0.1) is 6.92 Å². The quantitative estimate of drug-likeness (QED) is 0.918. The summed E-state index contributed by atoms with van der Waals surface area (Å²) in [6, 6.07) is 0.366. The molecular weight excluding hydrogens is 262 g/mol. The number of hydrogen-bond donors (Lipinski definition) is 1. The molecule has 1 atom stereocenters. The average molecular weight is 289 g/mol. The lowest BCUT2D eigenvalue weighted by Gasteiger charge is -2.46. The van der Waals surface area contributed by atoms with Gasteiger partial charge in [-0.25, -0.2) is 9.97 Å². The predicted octanol–water partition coefficient (Wildman–Crippen LogP) is 2.01. The fraction of sp³-hybridized carbons (Fsp3) is 0.750. The second-order valence-corrected chi connectivity index (χ2v) is 6.47. The van der Waals surface area contributed by atoms with Gasteiger partial charge in [-0.2, -0.15) is 0 Å². The van der Waals surface area contributed by atoms with E-state index in [2.05, 4.69) is 42.8 Å². The first-order chi connectivity index (χ1) is 10.1. The summed E-state index contributed by atoms with van der Waals surface area (Å²) in [7, 11) is 0. The maximum Gasteiger partial charge on any atom is 0.149 e. The Balaban J connectivity index is 1.96. The van der Waals surface area contributed by atoms with Crippen LogP contribution < -0.4 is 5.32 Å². The zero-order valence-corrected chi connectivity index (χ0v) is 13.7. The van der Waals surface area contributed by atoms with Crippen molar-refractivity contribution < 1.29 is 0 Å². The molecule has 0 saturated carbocycles. The van der Waals surface area contributed by atoms with Gasteiger partial charge in [-0.05, 0) is 19.8 Å². The number of fused-ring (bicyclic) bond motifs is 3. The molecule has 4 rings (SSSR count). The van der Waals surface area contributed by atoms with E-state index in [0.717, 1.165) is 43.5 Å². The standard InChI is InChI=1S/C16H27N5/c1-5-17-16-14(11(2)3)12(4)18-15(19-16)13-10-20-6-8-21(13)9-7-20/h11,13H,5-10H2,1-4H3,(H,17,18,19). The van der Waals surface area contributed by atoms with Crippen molar-refractivity contribution >= 4 is 5.82 Å². The molecule has 1 aromatic rings. The maximum absolute atomic E-state index is 4.90. The Bertz CT molecular complexity index is 506. The number of nitrogens with zero attached hydrogens (tertiary/aromatic N) is 4. The third-order valence-electron chi connectivity index (χ3n) is 4.65. The molecule has 5 nitrogen and oxygen atoms in total. The van der Waals surface area contributed by atoms with E-state index in [-0.39, 0.29) is 0 Å². The van der Waals surface area contributed by atoms with Gasteiger partial charge < -0.3 is 5.32 Å². The third-order valence-corrected chi connectivity index (χ3v) is 4.65. The van der Waals surface area contributed by atoms with Crippen molar-refractivity contribution in [1.29, 1.82) is 0 Å². The minimum Gasteiger partial charge on any atom is -0.370 e. The van der Waals surface area contributed by atoms with Crippen molar-refractivity contribution in [3.05, 3.63) is 17.1 Å². The molecular formula is C16H27N5. The first kappa shape index (κ1) is 14.7. The van der Waals surface area contributed by atoms with E-state index in [4.69, 9.17) is 9.97 Å². The molecule has 3 saturated heterocycles. The van der Waals surface area contributed by atoms with Crippen molar-refractivity contribution in [1.82, 2.24) is 19.8 Å². The summed E-state index contributed by atoms with van der Waals surface area (Å²) in [5.74, 6) is 2.48. The van der Waals surface area contributed by atoms with Crippen LogP contribution >= 0.6 is 0 Å². The molecule has 21 heavy (non-hydrogen) atoms. The van der Waals surface area contributed by atoms with Crippen LogP contribution in [0.25, 0.3) is 0 Å². The molecule has 5 heteroatoms. The lowest BCUT2D eigenvalue weighted by molar-refractivity contribution is 0.00862. The Morgan fingerprint density at radius 2 is 1.90 bits per heavy atom. The summed E-state index contributed by atoms with van der Waals surface area (Å²) in [4.78, 5) is 14.8. The summed E-state index contributed by atoms with van der Waals surface area (Å²) in [5.41, 5.74) is 2.39. The third kappa shape index (κ3) is 2.77.